The summed E-state index contributed by atoms with van der Waals surface area (Å²) in [4.78, 5) is 0. The first-order valence-corrected chi connectivity index (χ1v) is 15.1. The molecule has 0 saturated heterocycles. The number of allylic oxidation sites excluding steroid dienone is 4. The molecule has 0 N–H and O–H groups in total. The summed E-state index contributed by atoms with van der Waals surface area (Å²) in [6, 6.07) is 7.11. The summed E-state index contributed by atoms with van der Waals surface area (Å²) in [6.45, 7) is 7.19. The molecular weight excluding hydrogens is 584 g/mol. The Labute approximate surface area is 249 Å². The molecule has 4 atom stereocenters. The second-order valence-corrected chi connectivity index (χ2v) is 14.4. The second-order valence-electron chi connectivity index (χ2n) is 14.4. The van der Waals surface area contributed by atoms with Crippen LogP contribution >= 0.6 is 0 Å². The summed E-state index contributed by atoms with van der Waals surface area (Å²) < 4.78 is 116. The summed E-state index contributed by atoms with van der Waals surface area (Å²) in [7, 11) is 0. The van der Waals surface area contributed by atoms with E-state index in [4.69, 9.17) is 0 Å². The van der Waals surface area contributed by atoms with E-state index in [1.165, 1.54) is 18.2 Å². The first-order valence-electron chi connectivity index (χ1n) is 15.1. The fourth-order valence-electron chi connectivity index (χ4n) is 9.69. The van der Waals surface area contributed by atoms with Crippen molar-refractivity contribution in [2.75, 3.05) is 0 Å². The zero-order chi connectivity index (χ0) is 31.5. The van der Waals surface area contributed by atoms with Crippen LogP contribution in [-0.2, 0) is 29.8 Å². The number of hydrogen-bond acceptors (Lipinski definition) is 0. The van der Waals surface area contributed by atoms with Crippen molar-refractivity contribution in [1.29, 1.82) is 0 Å². The zero-order valence-corrected chi connectivity index (χ0v) is 24.6. The first kappa shape index (κ1) is 28.3. The Kier molecular flexibility index (Phi) is 5.37. The van der Waals surface area contributed by atoms with Crippen LogP contribution in [-0.4, -0.2) is 12.3 Å². The van der Waals surface area contributed by atoms with Crippen molar-refractivity contribution in [3.8, 4) is 0 Å². The lowest BCUT2D eigenvalue weighted by Crippen LogP contribution is -2.42. The molecule has 4 unspecified atom stereocenters. The van der Waals surface area contributed by atoms with E-state index in [1.807, 2.05) is 19.9 Å². The van der Waals surface area contributed by atoms with Crippen molar-refractivity contribution in [2.45, 2.75) is 94.6 Å². The average Bonchev–Trinajstić information content (AvgIpc) is 2.92. The lowest BCUT2D eigenvalue weighted by molar-refractivity contribution is -0.137. The molecule has 8 heteroatoms. The smallest absolute Gasteiger partial charge is 0.242 e. The molecule has 3 aromatic rings. The van der Waals surface area contributed by atoms with Gasteiger partial charge in [-0.3, -0.25) is 0 Å². The number of benzene rings is 3. The van der Waals surface area contributed by atoms with E-state index in [0.717, 1.165) is 45.2 Å². The van der Waals surface area contributed by atoms with Crippen LogP contribution in [0, 0.1) is 11.7 Å². The Morgan fingerprint density at radius 3 is 2.23 bits per heavy atom. The van der Waals surface area contributed by atoms with Crippen LogP contribution in [0.4, 0.5) is 35.1 Å². The van der Waals surface area contributed by atoms with Gasteiger partial charge in [0, 0.05) is 34.3 Å². The highest BCUT2D eigenvalue weighted by atomic mass is 19.4. The number of alkyl halides is 7. The second kappa shape index (κ2) is 8.35. The highest BCUT2D eigenvalue weighted by Gasteiger charge is 2.53. The largest absolute Gasteiger partial charge is 0.416 e. The number of rotatable bonds is 0. The maximum absolute atomic E-state index is 16.5. The third-order valence-corrected chi connectivity index (χ3v) is 11.5. The monoisotopic (exact) mass is 614 g/mol. The van der Waals surface area contributed by atoms with Gasteiger partial charge in [-0.15, -0.1) is 0 Å². The molecule has 8 rings (SSSR count). The van der Waals surface area contributed by atoms with Crippen LogP contribution in [0.5, 0.6) is 0 Å². The molecule has 0 nitrogen and oxygen atoms in total. The number of hydrogen-bond donors (Lipinski definition) is 0. The van der Waals surface area contributed by atoms with Gasteiger partial charge in [0.2, 0.25) is 0 Å². The standard InChI is InChI=1S/C36H30F8/c1-33(2)23-13-17(35(39,40)41)5-7-19(23)21-9-16-12-26(38)32-30-22(10-15-11-25(37)31(33)29(21)27(15)28(16)30)20-8-6-18(36(42,43)44)14-24(20)34(32,3)4/h5,7,10,12-14,20-21,24-25H,6,8-9,11H2,1-4H3. The molecule has 5 aliphatic rings. The lowest BCUT2D eigenvalue weighted by Gasteiger charge is -2.50. The van der Waals surface area contributed by atoms with E-state index in [9.17, 15) is 26.3 Å². The third-order valence-electron chi connectivity index (χ3n) is 11.5. The molecule has 0 saturated carbocycles. The van der Waals surface area contributed by atoms with Gasteiger partial charge in [-0.05, 0) is 105 Å². The highest BCUT2D eigenvalue weighted by molar-refractivity contribution is 6.07. The van der Waals surface area contributed by atoms with Crippen molar-refractivity contribution in [2.24, 2.45) is 5.92 Å². The van der Waals surface area contributed by atoms with Gasteiger partial charge in [-0.2, -0.15) is 26.3 Å². The van der Waals surface area contributed by atoms with Crippen molar-refractivity contribution >= 4 is 16.3 Å². The minimum absolute atomic E-state index is 0.0120. The third kappa shape index (κ3) is 3.46. The van der Waals surface area contributed by atoms with Gasteiger partial charge < -0.3 is 0 Å². The van der Waals surface area contributed by atoms with E-state index < -0.39 is 58.1 Å². The minimum Gasteiger partial charge on any atom is -0.242 e. The molecule has 5 aliphatic carbocycles. The van der Waals surface area contributed by atoms with Crippen LogP contribution in [0.2, 0.25) is 0 Å². The SMILES string of the molecule is CC1(C)C2=C3c4c(cc5c6c(c(F)cc(c46)CC3c3ccc(C(F)(F)F)cc31)C(C)(C)C1C=C(C(F)(F)F)CCC51)CC2F. The Morgan fingerprint density at radius 2 is 1.55 bits per heavy atom. The summed E-state index contributed by atoms with van der Waals surface area (Å²) in [6.07, 6.45) is -8.72. The lowest BCUT2D eigenvalue weighted by atomic mass is 9.53. The maximum atomic E-state index is 16.5. The predicted octanol–water partition coefficient (Wildman–Crippen LogP) is 10.6. The Bertz CT molecular complexity index is 1880. The Balaban J connectivity index is 1.43. The van der Waals surface area contributed by atoms with Crippen molar-refractivity contribution in [3.05, 3.63) is 97.9 Å². The van der Waals surface area contributed by atoms with E-state index in [-0.39, 0.29) is 25.2 Å². The molecule has 0 aromatic heterocycles. The summed E-state index contributed by atoms with van der Waals surface area (Å²) in [5.74, 6) is -1.78. The molecule has 0 radical (unpaired) electrons. The van der Waals surface area contributed by atoms with Crippen molar-refractivity contribution < 1.29 is 35.1 Å². The predicted molar refractivity (Wildman–Crippen MR) is 153 cm³/mol. The normalized spacial score (nSPS) is 27.6. The molecule has 3 aromatic carbocycles. The Hall–Kier alpha value is -3.16. The maximum Gasteiger partial charge on any atom is 0.416 e. The topological polar surface area (TPSA) is 0 Å². The van der Waals surface area contributed by atoms with Gasteiger partial charge in [-0.1, -0.05) is 45.9 Å². The fraction of sp³-hybridized carbons (Fsp3) is 0.444. The fourth-order valence-corrected chi connectivity index (χ4v) is 9.69. The summed E-state index contributed by atoms with van der Waals surface area (Å²) >= 11 is 0. The molecule has 0 amide bonds. The van der Waals surface area contributed by atoms with Gasteiger partial charge in [0.25, 0.3) is 0 Å². The Morgan fingerprint density at radius 1 is 0.818 bits per heavy atom. The zero-order valence-electron chi connectivity index (χ0n) is 24.6. The molecule has 44 heavy (non-hydrogen) atoms. The van der Waals surface area contributed by atoms with Crippen molar-refractivity contribution in [3.63, 3.8) is 0 Å². The number of halogens is 8. The van der Waals surface area contributed by atoms with E-state index in [1.54, 1.807) is 13.8 Å². The molecule has 0 fully saturated rings. The molecule has 0 heterocycles. The van der Waals surface area contributed by atoms with Gasteiger partial charge in [0.15, 0.2) is 0 Å². The van der Waals surface area contributed by atoms with E-state index in [0.29, 0.717) is 34.2 Å². The highest BCUT2D eigenvalue weighted by Crippen LogP contribution is 2.63. The molecule has 0 bridgehead atoms. The summed E-state index contributed by atoms with van der Waals surface area (Å²) in [5.41, 5.74) is 2.56. The molecule has 0 aliphatic heterocycles. The van der Waals surface area contributed by atoms with Gasteiger partial charge in [0.05, 0.1) is 5.56 Å². The number of fused-ring (bicyclic) bond motifs is 4. The van der Waals surface area contributed by atoms with Gasteiger partial charge in [0.1, 0.15) is 12.0 Å². The van der Waals surface area contributed by atoms with Crippen LogP contribution in [0.25, 0.3) is 16.3 Å². The minimum atomic E-state index is -4.55. The molecule has 230 valence electrons. The van der Waals surface area contributed by atoms with E-state index in [2.05, 4.69) is 0 Å². The molecular formula is C36H30F8. The van der Waals surface area contributed by atoms with Gasteiger partial charge in [-0.25, -0.2) is 8.78 Å². The van der Waals surface area contributed by atoms with Crippen LogP contribution in [0.15, 0.2) is 47.6 Å². The van der Waals surface area contributed by atoms with Crippen LogP contribution < -0.4 is 0 Å². The first-order chi connectivity index (χ1) is 20.4. The average molecular weight is 615 g/mol. The molecule has 0 spiro atoms. The van der Waals surface area contributed by atoms with Crippen LogP contribution in [0.1, 0.15) is 96.9 Å². The quantitative estimate of drug-likeness (QED) is 0.175. The summed E-state index contributed by atoms with van der Waals surface area (Å²) in [5, 5.41) is 1.57. The van der Waals surface area contributed by atoms with Gasteiger partial charge >= 0.3 is 12.4 Å². The van der Waals surface area contributed by atoms with Crippen molar-refractivity contribution in [1.82, 2.24) is 0 Å². The van der Waals surface area contributed by atoms with E-state index >= 15 is 8.78 Å². The van der Waals surface area contributed by atoms with Crippen LogP contribution in [0.3, 0.4) is 0 Å².